The van der Waals surface area contributed by atoms with Gasteiger partial charge in [-0.05, 0) is 12.1 Å². The summed E-state index contributed by atoms with van der Waals surface area (Å²) in [6, 6.07) is 3.56. The predicted molar refractivity (Wildman–Crippen MR) is 69.8 cm³/mol. The second-order valence-corrected chi connectivity index (χ2v) is 5.85. The number of aromatic nitrogens is 2. The zero-order chi connectivity index (χ0) is 14.2. The van der Waals surface area contributed by atoms with Gasteiger partial charge >= 0.3 is 0 Å². The van der Waals surface area contributed by atoms with Gasteiger partial charge in [0.2, 0.25) is 0 Å². The minimum absolute atomic E-state index is 0.0489. The minimum Gasteiger partial charge on any atom is -0.399 e. The molecule has 0 spiro atoms. The highest BCUT2D eigenvalue weighted by Gasteiger charge is 2.22. The van der Waals surface area contributed by atoms with Crippen LogP contribution in [-0.2, 0) is 17.1 Å². The third kappa shape index (κ3) is 2.79. The molecule has 0 amide bonds. The highest BCUT2D eigenvalue weighted by Crippen LogP contribution is 2.26. The Morgan fingerprint density at radius 1 is 1.47 bits per heavy atom. The Morgan fingerprint density at radius 2 is 2.16 bits per heavy atom. The summed E-state index contributed by atoms with van der Waals surface area (Å²) in [5.74, 6) is -0.986. The lowest BCUT2D eigenvalue weighted by Crippen LogP contribution is -2.15. The molecule has 0 fully saturated rings. The smallest absolute Gasteiger partial charge is 0.266 e. The van der Waals surface area contributed by atoms with Crippen LogP contribution >= 0.6 is 11.6 Å². The van der Waals surface area contributed by atoms with Crippen LogP contribution in [0, 0.1) is 5.82 Å². The number of halogens is 2. The fourth-order valence-corrected chi connectivity index (χ4v) is 2.86. The number of sulfonamides is 1. The summed E-state index contributed by atoms with van der Waals surface area (Å²) in [6.45, 7) is 0. The maximum absolute atomic E-state index is 13.8. The molecule has 1 aromatic heterocycles. The van der Waals surface area contributed by atoms with Crippen molar-refractivity contribution in [1.29, 1.82) is 0 Å². The number of rotatable bonds is 3. The molecule has 9 heteroatoms. The molecule has 19 heavy (non-hydrogen) atoms. The zero-order valence-corrected chi connectivity index (χ0v) is 11.3. The van der Waals surface area contributed by atoms with Crippen LogP contribution in [-0.4, -0.2) is 18.2 Å². The standard InChI is InChI=1S/C10H10ClFN4O2S/c1-16-3-2-9(14-16)15-19(17,18)8-5-6(13)4-7(11)10(8)12/h2-5H,13H2,1H3,(H,14,15). The molecule has 0 aliphatic heterocycles. The normalized spacial score (nSPS) is 11.5. The molecule has 2 aromatic rings. The lowest BCUT2D eigenvalue weighted by atomic mass is 10.3. The summed E-state index contributed by atoms with van der Waals surface area (Å²) in [4.78, 5) is -0.622. The van der Waals surface area contributed by atoms with Crippen molar-refractivity contribution >= 4 is 33.1 Å². The van der Waals surface area contributed by atoms with Gasteiger partial charge in [-0.2, -0.15) is 5.10 Å². The quantitative estimate of drug-likeness (QED) is 0.843. The molecule has 0 bridgehead atoms. The highest BCUT2D eigenvalue weighted by molar-refractivity contribution is 7.92. The Morgan fingerprint density at radius 3 is 2.74 bits per heavy atom. The van der Waals surface area contributed by atoms with Gasteiger partial charge in [-0.15, -0.1) is 0 Å². The SMILES string of the molecule is Cn1ccc(NS(=O)(=O)c2cc(N)cc(Cl)c2F)n1. The first kappa shape index (κ1) is 13.6. The van der Waals surface area contributed by atoms with Gasteiger partial charge in [0, 0.05) is 25.0 Å². The molecule has 0 aliphatic rings. The molecule has 0 saturated carbocycles. The zero-order valence-electron chi connectivity index (χ0n) is 9.76. The maximum Gasteiger partial charge on any atom is 0.266 e. The Hall–Kier alpha value is -1.80. The number of nitrogens with zero attached hydrogens (tertiary/aromatic N) is 2. The third-order valence-corrected chi connectivity index (χ3v) is 3.89. The third-order valence-electron chi connectivity index (χ3n) is 2.26. The van der Waals surface area contributed by atoms with Gasteiger partial charge in [0.05, 0.1) is 5.02 Å². The lowest BCUT2D eigenvalue weighted by molar-refractivity contribution is 0.570. The molecule has 2 rings (SSSR count). The van der Waals surface area contributed by atoms with Gasteiger partial charge in [0.1, 0.15) is 4.90 Å². The number of anilines is 2. The topological polar surface area (TPSA) is 90.0 Å². The summed E-state index contributed by atoms with van der Waals surface area (Å²) < 4.78 is 41.3. The van der Waals surface area contributed by atoms with Crippen molar-refractivity contribution in [2.45, 2.75) is 4.90 Å². The second-order valence-electron chi connectivity index (χ2n) is 3.79. The van der Waals surface area contributed by atoms with E-state index in [0.717, 1.165) is 12.1 Å². The van der Waals surface area contributed by atoms with E-state index in [4.69, 9.17) is 17.3 Å². The van der Waals surface area contributed by atoms with Crippen LogP contribution in [0.25, 0.3) is 0 Å². The molecule has 0 atom stereocenters. The molecule has 0 aliphatic carbocycles. The number of nitrogens with two attached hydrogens (primary N) is 1. The van der Waals surface area contributed by atoms with Gasteiger partial charge in [-0.25, -0.2) is 12.8 Å². The van der Waals surface area contributed by atoms with Gasteiger partial charge in [-0.3, -0.25) is 9.40 Å². The first-order chi connectivity index (χ1) is 8.79. The van der Waals surface area contributed by atoms with Crippen LogP contribution in [0.4, 0.5) is 15.9 Å². The molecular formula is C10H10ClFN4O2S. The lowest BCUT2D eigenvalue weighted by Gasteiger charge is -2.08. The van der Waals surface area contributed by atoms with Crippen LogP contribution in [0.15, 0.2) is 29.3 Å². The Labute approximate surface area is 114 Å². The molecule has 0 radical (unpaired) electrons. The van der Waals surface area contributed by atoms with E-state index in [1.807, 2.05) is 0 Å². The van der Waals surface area contributed by atoms with E-state index < -0.39 is 20.7 Å². The van der Waals surface area contributed by atoms with E-state index in [0.29, 0.717) is 0 Å². The predicted octanol–water partition coefficient (Wildman–Crippen LogP) is 1.60. The Kier molecular flexibility index (Phi) is 3.38. The average molecular weight is 305 g/mol. The molecular weight excluding hydrogens is 295 g/mol. The summed E-state index contributed by atoms with van der Waals surface area (Å²) in [7, 11) is -2.52. The van der Waals surface area contributed by atoms with Crippen molar-refractivity contribution in [2.75, 3.05) is 10.5 Å². The number of hydrogen-bond acceptors (Lipinski definition) is 4. The summed E-state index contributed by atoms with van der Waals surface area (Å²) in [5.41, 5.74) is 5.51. The summed E-state index contributed by atoms with van der Waals surface area (Å²) in [5, 5.41) is 3.48. The van der Waals surface area contributed by atoms with Crippen LogP contribution in [0.3, 0.4) is 0 Å². The van der Waals surface area contributed by atoms with Crippen molar-refractivity contribution in [3.63, 3.8) is 0 Å². The van der Waals surface area contributed by atoms with E-state index in [2.05, 4.69) is 9.82 Å². The van der Waals surface area contributed by atoms with Crippen molar-refractivity contribution in [2.24, 2.45) is 7.05 Å². The van der Waals surface area contributed by atoms with E-state index in [9.17, 15) is 12.8 Å². The van der Waals surface area contributed by atoms with Crippen LogP contribution < -0.4 is 10.5 Å². The molecule has 1 aromatic carbocycles. The number of nitrogen functional groups attached to an aromatic ring is 1. The van der Waals surface area contributed by atoms with Crippen molar-refractivity contribution in [3.05, 3.63) is 35.2 Å². The first-order valence-corrected chi connectivity index (χ1v) is 6.93. The van der Waals surface area contributed by atoms with Gasteiger partial charge in [-0.1, -0.05) is 11.6 Å². The number of hydrogen-bond donors (Lipinski definition) is 2. The maximum atomic E-state index is 13.8. The van der Waals surface area contributed by atoms with Crippen LogP contribution in [0.2, 0.25) is 5.02 Å². The Balaban J connectivity index is 2.45. The monoisotopic (exact) mass is 304 g/mol. The van der Waals surface area contributed by atoms with E-state index in [-0.39, 0.29) is 16.5 Å². The average Bonchev–Trinajstić information content (AvgIpc) is 2.68. The largest absolute Gasteiger partial charge is 0.399 e. The number of aryl methyl sites for hydroxylation is 1. The Bertz CT molecular complexity index is 729. The molecule has 0 unspecified atom stereocenters. The molecule has 6 nitrogen and oxygen atoms in total. The van der Waals surface area contributed by atoms with Crippen LogP contribution in [0.1, 0.15) is 0 Å². The number of nitrogens with one attached hydrogen (secondary N) is 1. The summed E-state index contributed by atoms with van der Waals surface area (Å²) >= 11 is 5.57. The number of benzene rings is 1. The van der Waals surface area contributed by atoms with Gasteiger partial charge in [0.15, 0.2) is 11.6 Å². The van der Waals surface area contributed by atoms with E-state index >= 15 is 0 Å². The van der Waals surface area contributed by atoms with Gasteiger partial charge < -0.3 is 5.73 Å². The van der Waals surface area contributed by atoms with Crippen molar-refractivity contribution < 1.29 is 12.8 Å². The van der Waals surface area contributed by atoms with Crippen molar-refractivity contribution in [3.8, 4) is 0 Å². The highest BCUT2D eigenvalue weighted by atomic mass is 35.5. The molecule has 1 heterocycles. The molecule has 3 N–H and O–H groups in total. The fraction of sp³-hybridized carbons (Fsp3) is 0.100. The first-order valence-electron chi connectivity index (χ1n) is 5.06. The second kappa shape index (κ2) is 4.71. The van der Waals surface area contributed by atoms with E-state index in [1.165, 1.54) is 10.7 Å². The van der Waals surface area contributed by atoms with Gasteiger partial charge in [0.25, 0.3) is 10.0 Å². The van der Waals surface area contributed by atoms with Crippen LogP contribution in [0.5, 0.6) is 0 Å². The van der Waals surface area contributed by atoms with E-state index in [1.54, 1.807) is 13.2 Å². The molecule has 0 saturated heterocycles. The van der Waals surface area contributed by atoms with Crippen molar-refractivity contribution in [1.82, 2.24) is 9.78 Å². The minimum atomic E-state index is -4.14. The fourth-order valence-electron chi connectivity index (χ4n) is 1.44. The molecule has 102 valence electrons. The summed E-state index contributed by atoms with van der Waals surface area (Å²) in [6.07, 6.45) is 1.54.